The number of carboxylic acid groups (broad SMARTS) is 1. The molecular weight excluding hydrogens is 241 g/mol. The van der Waals surface area contributed by atoms with Gasteiger partial charge in [0.05, 0.1) is 12.1 Å². The zero-order chi connectivity index (χ0) is 12.7. The maximum atomic E-state index is 12.1. The average Bonchev–Trinajstić information content (AvgIpc) is 2.44. The van der Waals surface area contributed by atoms with Crippen molar-refractivity contribution >= 4 is 6.09 Å². The van der Waals surface area contributed by atoms with Gasteiger partial charge in [-0.15, -0.1) is 13.2 Å². The number of carbonyl (C=O) groups is 1. The van der Waals surface area contributed by atoms with E-state index in [-0.39, 0.29) is 12.6 Å². The first-order valence-electron chi connectivity index (χ1n) is 5.28. The Morgan fingerprint density at radius 2 is 2.29 bits per heavy atom. The van der Waals surface area contributed by atoms with Crippen LogP contribution in [-0.4, -0.2) is 53.7 Å². The molecule has 0 spiro atoms. The molecule has 0 radical (unpaired) electrons. The second-order valence-corrected chi connectivity index (χ2v) is 4.43. The third kappa shape index (κ3) is 2.32. The first-order valence-corrected chi connectivity index (χ1v) is 5.28. The summed E-state index contributed by atoms with van der Waals surface area (Å²) in [5.74, 6) is 0. The lowest BCUT2D eigenvalue weighted by Crippen LogP contribution is -2.64. The smallest absolute Gasteiger partial charge is 0.465 e. The Bertz CT molecular complexity index is 319. The number of amides is 1. The number of halogens is 3. The summed E-state index contributed by atoms with van der Waals surface area (Å²) in [6.45, 7) is 0.0399. The van der Waals surface area contributed by atoms with Crippen molar-refractivity contribution in [2.45, 2.75) is 30.8 Å². The molecule has 2 rings (SSSR count). The van der Waals surface area contributed by atoms with Crippen molar-refractivity contribution in [1.82, 2.24) is 10.2 Å². The standard InChI is InChI=1S/C9H13F3N2O3/c10-9(11,12)17-5-8-2-1-6(3-13-4-8)14(8)7(15)16/h6,13H,1-5H2,(H,15,16)/t6-,8+/m0/s1. The molecule has 0 unspecified atom stereocenters. The molecule has 5 nitrogen and oxygen atoms in total. The molecule has 0 aromatic carbocycles. The van der Waals surface area contributed by atoms with Crippen LogP contribution in [0.5, 0.6) is 0 Å². The number of nitrogens with one attached hydrogen (secondary N) is 1. The summed E-state index contributed by atoms with van der Waals surface area (Å²) >= 11 is 0. The first-order chi connectivity index (χ1) is 7.84. The number of fused-ring (bicyclic) bond motifs is 2. The van der Waals surface area contributed by atoms with Gasteiger partial charge in [0.25, 0.3) is 0 Å². The summed E-state index contributed by atoms with van der Waals surface area (Å²) in [7, 11) is 0. The number of ether oxygens (including phenoxy) is 1. The van der Waals surface area contributed by atoms with Gasteiger partial charge in [0.2, 0.25) is 0 Å². The SMILES string of the molecule is O=C(O)N1[C@H]2CC[C@]1(COC(F)(F)F)CNC2. The highest BCUT2D eigenvalue weighted by atomic mass is 19.4. The zero-order valence-electron chi connectivity index (χ0n) is 8.96. The highest BCUT2D eigenvalue weighted by Gasteiger charge is 2.53. The Kier molecular flexibility index (Phi) is 2.94. The van der Waals surface area contributed by atoms with Gasteiger partial charge in [0.15, 0.2) is 0 Å². The molecule has 2 N–H and O–H groups in total. The quantitative estimate of drug-likeness (QED) is 0.772. The van der Waals surface area contributed by atoms with Crippen LogP contribution >= 0.6 is 0 Å². The van der Waals surface area contributed by atoms with Gasteiger partial charge in [0.1, 0.15) is 0 Å². The van der Waals surface area contributed by atoms with Crippen LogP contribution in [0.25, 0.3) is 0 Å². The molecule has 2 atom stereocenters. The molecule has 2 aliphatic heterocycles. The van der Waals surface area contributed by atoms with Crippen molar-refractivity contribution in [2.75, 3.05) is 19.7 Å². The first kappa shape index (κ1) is 12.4. The Labute approximate surface area is 95.5 Å². The molecule has 2 fully saturated rings. The Hall–Kier alpha value is -1.02. The lowest BCUT2D eigenvalue weighted by atomic mass is 9.97. The predicted molar refractivity (Wildman–Crippen MR) is 50.5 cm³/mol. The fraction of sp³-hybridized carbons (Fsp3) is 0.889. The molecule has 0 aromatic rings. The summed E-state index contributed by atoms with van der Waals surface area (Å²) in [5.41, 5.74) is -1.08. The average molecular weight is 254 g/mol. The highest BCUT2D eigenvalue weighted by Crippen LogP contribution is 2.37. The van der Waals surface area contributed by atoms with Crippen LogP contribution in [0.1, 0.15) is 12.8 Å². The Morgan fingerprint density at radius 3 is 2.88 bits per heavy atom. The maximum Gasteiger partial charge on any atom is 0.522 e. The fourth-order valence-electron chi connectivity index (χ4n) is 2.68. The van der Waals surface area contributed by atoms with Crippen molar-refractivity contribution in [3.8, 4) is 0 Å². The summed E-state index contributed by atoms with van der Waals surface area (Å²) < 4.78 is 40.0. The Morgan fingerprint density at radius 1 is 1.59 bits per heavy atom. The van der Waals surface area contributed by atoms with E-state index < -0.39 is 24.6 Å². The van der Waals surface area contributed by atoms with E-state index in [2.05, 4.69) is 10.1 Å². The number of alkyl halides is 3. The van der Waals surface area contributed by atoms with E-state index in [1.807, 2.05) is 0 Å². The fourth-order valence-corrected chi connectivity index (χ4v) is 2.68. The summed E-state index contributed by atoms with van der Waals surface area (Å²) in [4.78, 5) is 12.2. The van der Waals surface area contributed by atoms with Gasteiger partial charge in [0, 0.05) is 19.1 Å². The van der Waals surface area contributed by atoms with Gasteiger partial charge in [-0.1, -0.05) is 0 Å². The van der Waals surface area contributed by atoms with E-state index in [0.717, 1.165) is 4.90 Å². The number of nitrogens with zero attached hydrogens (tertiary/aromatic N) is 1. The third-order valence-electron chi connectivity index (χ3n) is 3.36. The third-order valence-corrected chi connectivity index (χ3v) is 3.36. The van der Waals surface area contributed by atoms with Gasteiger partial charge < -0.3 is 10.4 Å². The number of hydrogen-bond acceptors (Lipinski definition) is 3. The van der Waals surface area contributed by atoms with Crippen molar-refractivity contribution in [1.29, 1.82) is 0 Å². The molecule has 0 aromatic heterocycles. The lowest BCUT2D eigenvalue weighted by molar-refractivity contribution is -0.332. The number of hydrogen-bond donors (Lipinski definition) is 2. The molecule has 2 bridgehead atoms. The summed E-state index contributed by atoms with van der Waals surface area (Å²) in [5, 5.41) is 12.0. The monoisotopic (exact) mass is 254 g/mol. The molecule has 2 saturated heterocycles. The van der Waals surface area contributed by atoms with Crippen LogP contribution < -0.4 is 5.32 Å². The molecule has 0 aliphatic carbocycles. The molecule has 1 amide bonds. The molecule has 0 saturated carbocycles. The van der Waals surface area contributed by atoms with Crippen LogP contribution in [0.15, 0.2) is 0 Å². The molecule has 17 heavy (non-hydrogen) atoms. The highest BCUT2D eigenvalue weighted by molar-refractivity contribution is 5.67. The minimum absolute atomic E-state index is 0.200. The topological polar surface area (TPSA) is 61.8 Å². The zero-order valence-corrected chi connectivity index (χ0v) is 8.96. The van der Waals surface area contributed by atoms with E-state index in [1.165, 1.54) is 0 Å². The molecule has 98 valence electrons. The minimum atomic E-state index is -4.73. The van der Waals surface area contributed by atoms with Crippen LogP contribution in [-0.2, 0) is 4.74 Å². The van der Waals surface area contributed by atoms with Gasteiger partial charge in [-0.05, 0) is 12.8 Å². The predicted octanol–water partition coefficient (Wildman–Crippen LogP) is 1.01. The molecule has 8 heteroatoms. The van der Waals surface area contributed by atoms with E-state index in [9.17, 15) is 18.0 Å². The molecule has 2 heterocycles. The van der Waals surface area contributed by atoms with Gasteiger partial charge in [-0.2, -0.15) is 0 Å². The van der Waals surface area contributed by atoms with Gasteiger partial charge >= 0.3 is 12.5 Å². The van der Waals surface area contributed by atoms with E-state index in [0.29, 0.717) is 19.4 Å². The largest absolute Gasteiger partial charge is 0.522 e. The van der Waals surface area contributed by atoms with Crippen molar-refractivity contribution in [2.24, 2.45) is 0 Å². The van der Waals surface area contributed by atoms with Crippen molar-refractivity contribution in [3.63, 3.8) is 0 Å². The normalized spacial score (nSPS) is 32.9. The maximum absolute atomic E-state index is 12.1. The van der Waals surface area contributed by atoms with Crippen molar-refractivity contribution in [3.05, 3.63) is 0 Å². The lowest BCUT2D eigenvalue weighted by Gasteiger charge is -2.43. The minimum Gasteiger partial charge on any atom is -0.465 e. The van der Waals surface area contributed by atoms with E-state index >= 15 is 0 Å². The van der Waals surface area contributed by atoms with Crippen LogP contribution in [0.4, 0.5) is 18.0 Å². The number of piperazine rings is 1. The Balaban J connectivity index is 2.12. The van der Waals surface area contributed by atoms with E-state index in [4.69, 9.17) is 5.11 Å². The van der Waals surface area contributed by atoms with Gasteiger partial charge in [-0.25, -0.2) is 4.79 Å². The summed E-state index contributed by atoms with van der Waals surface area (Å²) in [6.07, 6.45) is -4.94. The van der Waals surface area contributed by atoms with Gasteiger partial charge in [-0.3, -0.25) is 9.64 Å². The molecule has 2 aliphatic rings. The van der Waals surface area contributed by atoms with Crippen LogP contribution in [0.3, 0.4) is 0 Å². The van der Waals surface area contributed by atoms with Crippen LogP contribution in [0.2, 0.25) is 0 Å². The van der Waals surface area contributed by atoms with Crippen molar-refractivity contribution < 1.29 is 27.8 Å². The van der Waals surface area contributed by atoms with Crippen LogP contribution in [0, 0.1) is 0 Å². The number of rotatable bonds is 2. The second-order valence-electron chi connectivity index (χ2n) is 4.43. The molecular formula is C9H13F3N2O3. The van der Waals surface area contributed by atoms with E-state index in [1.54, 1.807) is 0 Å². The summed E-state index contributed by atoms with van der Waals surface area (Å²) in [6, 6.07) is -0.252. The second kappa shape index (κ2) is 4.02.